The van der Waals surface area contributed by atoms with Crippen LogP contribution in [-0.2, 0) is 4.74 Å². The van der Waals surface area contributed by atoms with E-state index in [1.807, 2.05) is 13.8 Å². The van der Waals surface area contributed by atoms with Crippen LogP contribution in [0.25, 0.3) is 0 Å². The minimum absolute atomic E-state index is 0.165. The van der Waals surface area contributed by atoms with Gasteiger partial charge in [-0.05, 0) is 13.3 Å². The van der Waals surface area contributed by atoms with Gasteiger partial charge in [-0.3, -0.25) is 0 Å². The summed E-state index contributed by atoms with van der Waals surface area (Å²) in [5.74, 6) is -0.218. The fourth-order valence-corrected chi connectivity index (χ4v) is 2.11. The Balaban J connectivity index is 2.41. The van der Waals surface area contributed by atoms with E-state index in [4.69, 9.17) is 10.00 Å². The molecule has 0 aromatic rings. The minimum Gasteiger partial charge on any atom is -0.388 e. The summed E-state index contributed by atoms with van der Waals surface area (Å²) in [6.45, 7) is 4.67. The average Bonchev–Trinajstić information content (AvgIpc) is 2.11. The average molecular weight is 197 g/mol. The maximum atomic E-state index is 10.1. The van der Waals surface area contributed by atoms with Crippen LogP contribution in [0.4, 0.5) is 0 Å². The lowest BCUT2D eigenvalue weighted by Gasteiger charge is -2.45. The summed E-state index contributed by atoms with van der Waals surface area (Å²) in [7, 11) is 0. The lowest BCUT2D eigenvalue weighted by molar-refractivity contribution is -0.157. The van der Waals surface area contributed by atoms with Crippen LogP contribution in [-0.4, -0.2) is 23.4 Å². The van der Waals surface area contributed by atoms with Gasteiger partial charge in [-0.15, -0.1) is 0 Å². The van der Waals surface area contributed by atoms with Gasteiger partial charge in [0.05, 0.1) is 23.7 Å². The third kappa shape index (κ3) is 2.26. The minimum atomic E-state index is -0.773. The summed E-state index contributed by atoms with van der Waals surface area (Å²) in [5.41, 5.74) is -0.773. The molecule has 1 aliphatic carbocycles. The van der Waals surface area contributed by atoms with Gasteiger partial charge in [0.25, 0.3) is 0 Å². The number of nitrogens with zero attached hydrogens (tertiary/aromatic N) is 1. The Kier molecular flexibility index (Phi) is 3.91. The first-order valence-electron chi connectivity index (χ1n) is 5.40. The van der Waals surface area contributed by atoms with E-state index in [0.717, 1.165) is 12.8 Å². The molecule has 80 valence electrons. The molecule has 0 heterocycles. The van der Waals surface area contributed by atoms with E-state index in [0.29, 0.717) is 19.4 Å². The highest BCUT2D eigenvalue weighted by molar-refractivity contribution is 5.07. The van der Waals surface area contributed by atoms with E-state index >= 15 is 0 Å². The Morgan fingerprint density at radius 1 is 1.57 bits per heavy atom. The van der Waals surface area contributed by atoms with Crippen molar-refractivity contribution in [2.45, 2.75) is 51.2 Å². The number of nitriles is 1. The van der Waals surface area contributed by atoms with Crippen LogP contribution in [0.15, 0.2) is 0 Å². The van der Waals surface area contributed by atoms with Crippen LogP contribution in [0, 0.1) is 17.2 Å². The quantitative estimate of drug-likeness (QED) is 0.731. The molecule has 3 heteroatoms. The smallest absolute Gasteiger partial charge is 0.0854 e. The molecule has 0 aromatic heterocycles. The maximum Gasteiger partial charge on any atom is 0.0854 e. The first-order chi connectivity index (χ1) is 6.66. The zero-order chi connectivity index (χ0) is 10.6. The Morgan fingerprint density at radius 3 is 2.64 bits per heavy atom. The summed E-state index contributed by atoms with van der Waals surface area (Å²) >= 11 is 0. The second-order valence-corrected chi connectivity index (χ2v) is 4.06. The molecule has 0 radical (unpaired) electrons. The predicted molar refractivity (Wildman–Crippen MR) is 53.6 cm³/mol. The SMILES string of the molecule is CCCC(C#N)C1(O)CC(OCC)C1. The van der Waals surface area contributed by atoms with Crippen molar-refractivity contribution in [2.24, 2.45) is 5.92 Å². The third-order valence-corrected chi connectivity index (χ3v) is 2.95. The number of aliphatic hydroxyl groups is 1. The molecule has 1 N–H and O–H groups in total. The highest BCUT2D eigenvalue weighted by Gasteiger charge is 2.48. The highest BCUT2D eigenvalue weighted by atomic mass is 16.5. The Hall–Kier alpha value is -0.590. The van der Waals surface area contributed by atoms with Gasteiger partial charge >= 0.3 is 0 Å². The van der Waals surface area contributed by atoms with Gasteiger partial charge in [-0.25, -0.2) is 0 Å². The van der Waals surface area contributed by atoms with Crippen molar-refractivity contribution in [3.05, 3.63) is 0 Å². The van der Waals surface area contributed by atoms with Crippen molar-refractivity contribution in [2.75, 3.05) is 6.61 Å². The topological polar surface area (TPSA) is 53.2 Å². The molecule has 1 unspecified atom stereocenters. The molecule has 1 atom stereocenters. The standard InChI is InChI=1S/C11H19NO2/c1-3-5-9(8-12)11(13)6-10(7-11)14-4-2/h9-10,13H,3-7H2,1-2H3. The van der Waals surface area contributed by atoms with Crippen LogP contribution in [0.1, 0.15) is 39.5 Å². The van der Waals surface area contributed by atoms with Crippen molar-refractivity contribution < 1.29 is 9.84 Å². The molecule has 1 rings (SSSR count). The van der Waals surface area contributed by atoms with Crippen molar-refractivity contribution in [3.63, 3.8) is 0 Å². The largest absolute Gasteiger partial charge is 0.388 e. The van der Waals surface area contributed by atoms with Crippen LogP contribution >= 0.6 is 0 Å². The van der Waals surface area contributed by atoms with Gasteiger partial charge in [-0.2, -0.15) is 5.26 Å². The maximum absolute atomic E-state index is 10.1. The summed E-state index contributed by atoms with van der Waals surface area (Å²) in [5, 5.41) is 19.0. The summed E-state index contributed by atoms with van der Waals surface area (Å²) < 4.78 is 5.38. The molecule has 1 aliphatic rings. The molecule has 0 spiro atoms. The Bertz CT molecular complexity index is 216. The summed E-state index contributed by atoms with van der Waals surface area (Å²) in [4.78, 5) is 0. The fourth-order valence-electron chi connectivity index (χ4n) is 2.11. The van der Waals surface area contributed by atoms with Gasteiger partial charge in [0.15, 0.2) is 0 Å². The van der Waals surface area contributed by atoms with Gasteiger partial charge < -0.3 is 9.84 Å². The molecule has 1 fully saturated rings. The number of hydrogen-bond acceptors (Lipinski definition) is 3. The van der Waals surface area contributed by atoms with Gasteiger partial charge in [0.1, 0.15) is 0 Å². The fraction of sp³-hybridized carbons (Fsp3) is 0.909. The zero-order valence-corrected chi connectivity index (χ0v) is 8.99. The van der Waals surface area contributed by atoms with Crippen LogP contribution in [0.2, 0.25) is 0 Å². The molecule has 1 saturated carbocycles. The zero-order valence-electron chi connectivity index (χ0n) is 8.99. The molecular weight excluding hydrogens is 178 g/mol. The van der Waals surface area contributed by atoms with Crippen molar-refractivity contribution in [1.82, 2.24) is 0 Å². The summed E-state index contributed by atoms with van der Waals surface area (Å²) in [6, 6.07) is 2.20. The molecule has 14 heavy (non-hydrogen) atoms. The normalized spacial score (nSPS) is 33.1. The van der Waals surface area contributed by atoms with Gasteiger partial charge in [-0.1, -0.05) is 13.3 Å². The van der Waals surface area contributed by atoms with E-state index in [2.05, 4.69) is 6.07 Å². The van der Waals surface area contributed by atoms with E-state index in [1.165, 1.54) is 0 Å². The first-order valence-corrected chi connectivity index (χ1v) is 5.40. The molecular formula is C11H19NO2. The molecule has 0 bridgehead atoms. The van der Waals surface area contributed by atoms with Crippen LogP contribution in [0.5, 0.6) is 0 Å². The molecule has 3 nitrogen and oxygen atoms in total. The monoisotopic (exact) mass is 197 g/mol. The van der Waals surface area contributed by atoms with Crippen molar-refractivity contribution >= 4 is 0 Å². The Morgan fingerprint density at radius 2 is 2.21 bits per heavy atom. The lowest BCUT2D eigenvalue weighted by atomic mass is 9.68. The van der Waals surface area contributed by atoms with Gasteiger partial charge in [0.2, 0.25) is 0 Å². The van der Waals surface area contributed by atoms with E-state index in [-0.39, 0.29) is 12.0 Å². The Labute approximate surface area is 85.7 Å². The molecule has 0 aliphatic heterocycles. The second kappa shape index (κ2) is 4.77. The van der Waals surface area contributed by atoms with E-state index in [9.17, 15) is 5.11 Å². The third-order valence-electron chi connectivity index (χ3n) is 2.95. The van der Waals surface area contributed by atoms with Crippen molar-refractivity contribution in [1.29, 1.82) is 5.26 Å². The van der Waals surface area contributed by atoms with Crippen molar-refractivity contribution in [3.8, 4) is 6.07 Å². The number of hydrogen-bond donors (Lipinski definition) is 1. The molecule has 0 saturated heterocycles. The van der Waals surface area contributed by atoms with E-state index in [1.54, 1.807) is 0 Å². The molecule has 0 aromatic carbocycles. The van der Waals surface area contributed by atoms with E-state index < -0.39 is 5.60 Å². The lowest BCUT2D eigenvalue weighted by Crippen LogP contribution is -2.53. The predicted octanol–water partition coefficient (Wildman–Crippen LogP) is 1.86. The van der Waals surface area contributed by atoms with Crippen LogP contribution in [0.3, 0.4) is 0 Å². The number of ether oxygens (including phenoxy) is 1. The summed E-state index contributed by atoms with van der Waals surface area (Å²) in [6.07, 6.45) is 3.14. The molecule has 0 amide bonds. The van der Waals surface area contributed by atoms with Gasteiger partial charge in [0, 0.05) is 19.4 Å². The second-order valence-electron chi connectivity index (χ2n) is 4.06. The van der Waals surface area contributed by atoms with Crippen LogP contribution < -0.4 is 0 Å². The number of rotatable bonds is 5. The first kappa shape index (κ1) is 11.5. The highest BCUT2D eigenvalue weighted by Crippen LogP contribution is 2.41.